The Bertz CT molecular complexity index is 679. The van der Waals surface area contributed by atoms with E-state index in [1.165, 1.54) is 6.26 Å². The summed E-state index contributed by atoms with van der Waals surface area (Å²) in [5, 5.41) is 0. The van der Waals surface area contributed by atoms with Crippen LogP contribution in [0.4, 0.5) is 0 Å². The van der Waals surface area contributed by atoms with Crippen LogP contribution >= 0.6 is 11.8 Å². The number of imidazole rings is 1. The first kappa shape index (κ1) is 14.4. The predicted molar refractivity (Wildman–Crippen MR) is 79.1 cm³/mol. The van der Waals surface area contributed by atoms with Crippen LogP contribution in [0.3, 0.4) is 0 Å². The van der Waals surface area contributed by atoms with E-state index in [2.05, 4.69) is 9.97 Å². The Morgan fingerprint density at radius 2 is 2.21 bits per heavy atom. The van der Waals surface area contributed by atoms with Gasteiger partial charge in [0.2, 0.25) is 0 Å². The third-order valence-electron chi connectivity index (χ3n) is 2.88. The molecule has 104 valence electrons. The molecule has 0 aliphatic carbocycles. The molecule has 0 fully saturated rings. The molecule has 0 aliphatic heterocycles. The van der Waals surface area contributed by atoms with E-state index >= 15 is 0 Å². The van der Waals surface area contributed by atoms with Crippen molar-refractivity contribution < 1.29 is 8.42 Å². The first-order chi connectivity index (χ1) is 8.93. The molecule has 0 saturated heterocycles. The number of hydrogen-bond acceptors (Lipinski definition) is 5. The monoisotopic (exact) mass is 299 g/mol. The number of para-hydroxylation sites is 1. The van der Waals surface area contributed by atoms with E-state index in [0.29, 0.717) is 16.9 Å². The molecule has 0 spiro atoms. The van der Waals surface area contributed by atoms with E-state index in [1.807, 2.05) is 12.3 Å². The van der Waals surface area contributed by atoms with Crippen molar-refractivity contribution in [2.75, 3.05) is 18.3 Å². The average Bonchev–Trinajstić information content (AvgIpc) is 2.78. The fourth-order valence-electron chi connectivity index (χ4n) is 1.88. The molecule has 1 unspecified atom stereocenters. The second-order valence-electron chi connectivity index (χ2n) is 4.43. The molecule has 1 aromatic heterocycles. The number of aromatic nitrogens is 2. The largest absolute Gasteiger partial charge is 0.341 e. The summed E-state index contributed by atoms with van der Waals surface area (Å²) in [6.45, 7) is 0. The second kappa shape index (κ2) is 5.52. The van der Waals surface area contributed by atoms with Crippen molar-refractivity contribution in [3.8, 4) is 0 Å². The van der Waals surface area contributed by atoms with Crippen molar-refractivity contribution in [2.24, 2.45) is 5.73 Å². The number of thioether (sulfide) groups is 1. The van der Waals surface area contributed by atoms with E-state index in [0.717, 1.165) is 12.2 Å². The van der Waals surface area contributed by atoms with Crippen LogP contribution in [-0.4, -0.2) is 36.7 Å². The molecule has 2 rings (SSSR count). The summed E-state index contributed by atoms with van der Waals surface area (Å²) < 4.78 is 23.4. The number of nitrogens with two attached hydrogens (primary N) is 1. The maximum Gasteiger partial charge on any atom is 0.177 e. The van der Waals surface area contributed by atoms with E-state index in [4.69, 9.17) is 5.73 Å². The van der Waals surface area contributed by atoms with Gasteiger partial charge in [-0.1, -0.05) is 6.07 Å². The minimum absolute atomic E-state index is 0.202. The smallest absolute Gasteiger partial charge is 0.177 e. The quantitative estimate of drug-likeness (QED) is 0.877. The highest BCUT2D eigenvalue weighted by atomic mass is 32.2. The van der Waals surface area contributed by atoms with Gasteiger partial charge in [-0.15, -0.1) is 0 Å². The molecule has 5 nitrogen and oxygen atoms in total. The molecule has 1 atom stereocenters. The van der Waals surface area contributed by atoms with Crippen LogP contribution < -0.4 is 5.73 Å². The first-order valence-electron chi connectivity index (χ1n) is 5.86. The van der Waals surface area contributed by atoms with Crippen molar-refractivity contribution >= 4 is 32.6 Å². The molecule has 3 N–H and O–H groups in total. The molecule has 2 aromatic rings. The Balaban J connectivity index is 2.46. The lowest BCUT2D eigenvalue weighted by atomic mass is 10.2. The van der Waals surface area contributed by atoms with Gasteiger partial charge in [0, 0.05) is 6.26 Å². The predicted octanol–water partition coefficient (Wildman–Crippen LogP) is 1.72. The summed E-state index contributed by atoms with van der Waals surface area (Å²) in [4.78, 5) is 7.71. The fourth-order valence-corrected chi connectivity index (χ4v) is 3.20. The average molecular weight is 299 g/mol. The molecule has 19 heavy (non-hydrogen) atoms. The van der Waals surface area contributed by atoms with Gasteiger partial charge in [-0.05, 0) is 30.6 Å². The zero-order valence-electron chi connectivity index (χ0n) is 10.9. The van der Waals surface area contributed by atoms with Crippen molar-refractivity contribution in [2.45, 2.75) is 17.4 Å². The van der Waals surface area contributed by atoms with Crippen molar-refractivity contribution in [3.63, 3.8) is 0 Å². The van der Waals surface area contributed by atoms with Crippen molar-refractivity contribution in [1.29, 1.82) is 0 Å². The Morgan fingerprint density at radius 1 is 1.47 bits per heavy atom. The Labute approximate surface area is 116 Å². The zero-order valence-corrected chi connectivity index (χ0v) is 12.5. The maximum atomic E-state index is 11.7. The number of benzene rings is 1. The molecule has 0 saturated carbocycles. The van der Waals surface area contributed by atoms with Crippen LogP contribution in [0.2, 0.25) is 0 Å². The van der Waals surface area contributed by atoms with Gasteiger partial charge in [-0.25, -0.2) is 13.4 Å². The van der Waals surface area contributed by atoms with Gasteiger partial charge < -0.3 is 10.7 Å². The van der Waals surface area contributed by atoms with Crippen LogP contribution in [0.1, 0.15) is 18.3 Å². The van der Waals surface area contributed by atoms with Gasteiger partial charge >= 0.3 is 0 Å². The number of nitrogens with one attached hydrogen (secondary N) is 1. The SMILES string of the molecule is CSCCC(N)c1nc2c(S(C)(=O)=O)cccc2[nH]1. The Kier molecular flexibility index (Phi) is 4.17. The minimum atomic E-state index is -3.29. The lowest BCUT2D eigenvalue weighted by Crippen LogP contribution is -2.12. The van der Waals surface area contributed by atoms with E-state index in [1.54, 1.807) is 23.9 Å². The Morgan fingerprint density at radius 3 is 2.84 bits per heavy atom. The molecular formula is C12H17N3O2S2. The van der Waals surface area contributed by atoms with Crippen LogP contribution in [-0.2, 0) is 9.84 Å². The van der Waals surface area contributed by atoms with Crippen LogP contribution in [0.5, 0.6) is 0 Å². The van der Waals surface area contributed by atoms with Gasteiger partial charge in [-0.3, -0.25) is 0 Å². The third-order valence-corrected chi connectivity index (χ3v) is 4.65. The lowest BCUT2D eigenvalue weighted by Gasteiger charge is -2.06. The molecule has 0 aliphatic rings. The van der Waals surface area contributed by atoms with Crippen LogP contribution in [0.25, 0.3) is 11.0 Å². The molecule has 1 heterocycles. The summed E-state index contributed by atoms with van der Waals surface area (Å²) in [6.07, 6.45) is 4.01. The Hall–Kier alpha value is -1.05. The standard InChI is InChI=1S/C12H17N3O2S2/c1-18-7-6-8(13)12-14-9-4-3-5-10(11(9)15-12)19(2,16)17/h3-5,8H,6-7,13H2,1-2H3,(H,14,15). The highest BCUT2D eigenvalue weighted by Crippen LogP contribution is 2.23. The normalized spacial score (nSPS) is 13.8. The number of hydrogen-bond donors (Lipinski definition) is 2. The lowest BCUT2D eigenvalue weighted by molar-refractivity contribution is 0.602. The van der Waals surface area contributed by atoms with Crippen LogP contribution in [0.15, 0.2) is 23.1 Å². The number of H-pyrrole nitrogens is 1. The molecule has 0 radical (unpaired) electrons. The van der Waals surface area contributed by atoms with Gasteiger partial charge in [-0.2, -0.15) is 11.8 Å². The summed E-state index contributed by atoms with van der Waals surface area (Å²) in [5.74, 6) is 1.58. The second-order valence-corrected chi connectivity index (χ2v) is 7.40. The first-order valence-corrected chi connectivity index (χ1v) is 9.15. The number of aromatic amines is 1. The van der Waals surface area contributed by atoms with E-state index in [9.17, 15) is 8.42 Å². The minimum Gasteiger partial charge on any atom is -0.341 e. The maximum absolute atomic E-state index is 11.7. The third kappa shape index (κ3) is 3.10. The van der Waals surface area contributed by atoms with Crippen LogP contribution in [0, 0.1) is 0 Å². The topological polar surface area (TPSA) is 88.8 Å². The zero-order chi connectivity index (χ0) is 14.0. The van der Waals surface area contributed by atoms with Gasteiger partial charge in [0.05, 0.1) is 16.5 Å². The van der Waals surface area contributed by atoms with Crippen molar-refractivity contribution in [1.82, 2.24) is 9.97 Å². The summed E-state index contributed by atoms with van der Waals surface area (Å²) in [7, 11) is -3.29. The van der Waals surface area contributed by atoms with Gasteiger partial charge in [0.1, 0.15) is 11.3 Å². The molecule has 7 heteroatoms. The number of nitrogens with zero attached hydrogens (tertiary/aromatic N) is 1. The highest BCUT2D eigenvalue weighted by molar-refractivity contribution is 7.98. The molecular weight excluding hydrogens is 282 g/mol. The van der Waals surface area contributed by atoms with Crippen molar-refractivity contribution in [3.05, 3.63) is 24.0 Å². The van der Waals surface area contributed by atoms with Gasteiger partial charge in [0.25, 0.3) is 0 Å². The van der Waals surface area contributed by atoms with E-state index in [-0.39, 0.29) is 10.9 Å². The molecule has 0 bridgehead atoms. The number of rotatable bonds is 5. The van der Waals surface area contributed by atoms with E-state index < -0.39 is 9.84 Å². The summed E-state index contributed by atoms with van der Waals surface area (Å²) in [5.41, 5.74) is 7.23. The number of fused-ring (bicyclic) bond motifs is 1. The number of sulfone groups is 1. The highest BCUT2D eigenvalue weighted by Gasteiger charge is 2.17. The molecule has 0 amide bonds. The summed E-state index contributed by atoms with van der Waals surface area (Å²) in [6, 6.07) is 4.87. The van der Waals surface area contributed by atoms with Gasteiger partial charge in [0.15, 0.2) is 9.84 Å². The summed E-state index contributed by atoms with van der Waals surface area (Å²) >= 11 is 1.72. The fraction of sp³-hybridized carbons (Fsp3) is 0.417. The molecule has 1 aromatic carbocycles.